The van der Waals surface area contributed by atoms with Crippen LogP contribution in [0.15, 0.2) is 78.4 Å². The average Bonchev–Trinajstić information content (AvgIpc) is 3.54. The van der Waals surface area contributed by atoms with Gasteiger partial charge in [0.2, 0.25) is 29.4 Å². The minimum absolute atomic E-state index is 0.0860. The summed E-state index contributed by atoms with van der Waals surface area (Å²) in [5.74, 6) is -9.16. The number of anilines is 2. The van der Waals surface area contributed by atoms with Crippen molar-refractivity contribution in [2.45, 2.75) is 12.8 Å². The van der Waals surface area contributed by atoms with E-state index in [9.17, 15) is 44.1 Å². The maximum absolute atomic E-state index is 14.3. The van der Waals surface area contributed by atoms with E-state index in [0.29, 0.717) is 5.56 Å². The van der Waals surface area contributed by atoms with Crippen LogP contribution < -0.4 is 19.3 Å². The predicted octanol–water partition coefficient (Wildman–Crippen LogP) is 4.40. The number of phenols is 1. The van der Waals surface area contributed by atoms with Crippen LogP contribution in [-0.2, 0) is 19.2 Å². The molecule has 2 heterocycles. The maximum atomic E-state index is 14.3. The number of methoxy groups -OCH3 is 2. The molecule has 51 heavy (non-hydrogen) atoms. The lowest BCUT2D eigenvalue weighted by Gasteiger charge is -2.42. The molecule has 260 valence electrons. The quantitative estimate of drug-likeness (QED) is 0.224. The molecule has 3 aromatic carbocycles. The second-order valence-electron chi connectivity index (χ2n) is 12.9. The van der Waals surface area contributed by atoms with Crippen molar-refractivity contribution >= 4 is 53.0 Å². The van der Waals surface area contributed by atoms with Crippen LogP contribution in [0.5, 0.6) is 17.2 Å². The van der Waals surface area contributed by atoms with Crippen LogP contribution in [-0.4, -0.2) is 65.1 Å². The molecule has 1 saturated carbocycles. The highest BCUT2D eigenvalue weighted by molar-refractivity contribution is 6.24. The molecule has 0 unspecified atom stereocenters. The number of fused-ring (bicyclic) bond motifs is 4. The van der Waals surface area contributed by atoms with Crippen LogP contribution in [0.3, 0.4) is 0 Å². The van der Waals surface area contributed by atoms with Gasteiger partial charge in [-0.15, -0.1) is 0 Å². The van der Waals surface area contributed by atoms with Gasteiger partial charge in [-0.2, -0.15) is 0 Å². The Morgan fingerprint density at radius 2 is 1.25 bits per heavy atom. The van der Waals surface area contributed by atoms with Crippen molar-refractivity contribution in [1.29, 1.82) is 0 Å². The maximum Gasteiger partial charge on any atom is 0.335 e. The highest BCUT2D eigenvalue weighted by Gasteiger charge is 2.61. The first-order valence-corrected chi connectivity index (χ1v) is 16.2. The first-order chi connectivity index (χ1) is 24.4. The monoisotopic (exact) mass is 692 g/mol. The average molecular weight is 693 g/mol. The number of carbonyl (C=O) groups excluding carboxylic acids is 4. The fourth-order valence-electron chi connectivity index (χ4n) is 8.14. The van der Waals surface area contributed by atoms with E-state index in [1.54, 1.807) is 24.3 Å². The van der Waals surface area contributed by atoms with E-state index in [1.807, 2.05) is 6.08 Å². The number of carboxylic acids is 2. The van der Waals surface area contributed by atoms with Gasteiger partial charge >= 0.3 is 11.9 Å². The molecule has 0 radical (unpaired) electrons. The smallest absolute Gasteiger partial charge is 0.335 e. The van der Waals surface area contributed by atoms with Gasteiger partial charge in [-0.05, 0) is 72.9 Å². The van der Waals surface area contributed by atoms with E-state index >= 15 is 0 Å². The number of aromatic carboxylic acids is 2. The summed E-state index contributed by atoms with van der Waals surface area (Å²) in [5, 5.41) is 29.6. The summed E-state index contributed by atoms with van der Waals surface area (Å²) < 4.78 is 10.6. The Bertz CT molecular complexity index is 2080. The predicted molar refractivity (Wildman–Crippen MR) is 180 cm³/mol. The number of rotatable bonds is 8. The second-order valence-corrected chi connectivity index (χ2v) is 12.9. The number of imide groups is 2. The van der Waals surface area contributed by atoms with Gasteiger partial charge in [-0.3, -0.25) is 29.0 Å². The molecule has 13 heteroatoms. The number of nitrogens with zero attached hydrogens (tertiary/aromatic N) is 2. The van der Waals surface area contributed by atoms with Gasteiger partial charge in [-0.1, -0.05) is 35.9 Å². The van der Waals surface area contributed by atoms with E-state index in [-0.39, 0.29) is 52.6 Å². The number of hydrogen-bond acceptors (Lipinski definition) is 9. The fraction of sp³-hybridized carbons (Fsp3) is 0.263. The standard InChI is InChI=1S/C38H32N2O11/c1-50-28-13-18(14-29(51-2)32(28)41)9-10-24-23-11-12-25-31(36(45)39(33(25)42)21-7-3-5-19(15-21)37(46)47)26(23)17-27-30(24)35(44)40(34(27)43)22-8-4-6-20(16-22)38(48)49/h3-11,13-16,24-27,30-31,41H,12,17H2,1-2H3,(H,46,47)(H,48,49)/t24-,25-,26+,27+,30-,31-/m0/s1. The molecular weight excluding hydrogens is 660 g/mol. The van der Waals surface area contributed by atoms with Crippen molar-refractivity contribution in [3.05, 3.63) is 95.1 Å². The lowest BCUT2D eigenvalue weighted by Crippen LogP contribution is -2.43. The molecule has 0 bridgehead atoms. The van der Waals surface area contributed by atoms with Crippen LogP contribution in [0.4, 0.5) is 11.4 Å². The van der Waals surface area contributed by atoms with E-state index < -0.39 is 71.1 Å². The second kappa shape index (κ2) is 12.6. The normalized spacial score (nSPS) is 25.4. The minimum atomic E-state index is -1.22. The Morgan fingerprint density at radius 1 is 0.725 bits per heavy atom. The van der Waals surface area contributed by atoms with Crippen molar-refractivity contribution in [2.24, 2.45) is 35.5 Å². The summed E-state index contributed by atoms with van der Waals surface area (Å²) in [6.45, 7) is 0. The van der Waals surface area contributed by atoms with Crippen molar-refractivity contribution < 1.29 is 53.6 Å². The third-order valence-corrected chi connectivity index (χ3v) is 10.4. The number of benzene rings is 3. The van der Waals surface area contributed by atoms with Crippen LogP contribution >= 0.6 is 0 Å². The molecule has 2 aliphatic heterocycles. The number of carboxylic acid groups (broad SMARTS) is 2. The van der Waals surface area contributed by atoms with Crippen molar-refractivity contribution in [1.82, 2.24) is 0 Å². The molecule has 6 atom stereocenters. The molecule has 4 amide bonds. The molecule has 0 aromatic heterocycles. The summed E-state index contributed by atoms with van der Waals surface area (Å²) in [6, 6.07) is 14.3. The molecule has 2 aliphatic carbocycles. The molecule has 3 fully saturated rings. The number of amides is 4. The first-order valence-electron chi connectivity index (χ1n) is 16.2. The number of allylic oxidation sites excluding steroid dienone is 3. The summed E-state index contributed by atoms with van der Waals surface area (Å²) in [4.78, 5) is 82.0. The number of ether oxygens (including phenoxy) is 2. The zero-order chi connectivity index (χ0) is 36.3. The van der Waals surface area contributed by atoms with Crippen LogP contribution in [0.25, 0.3) is 6.08 Å². The first kappa shape index (κ1) is 33.3. The molecule has 0 spiro atoms. The van der Waals surface area contributed by atoms with Gasteiger partial charge in [0.05, 0.1) is 60.4 Å². The molecule has 3 aromatic rings. The van der Waals surface area contributed by atoms with E-state index in [4.69, 9.17) is 9.47 Å². The summed E-state index contributed by atoms with van der Waals surface area (Å²) >= 11 is 0. The SMILES string of the molecule is COc1cc(C=C[C@H]2C3=CC[C@@H]4C(=O)N(c5cccc(C(=O)O)c5)C(=O)[C@@H]4[C@@H]3C[C@H]3C(=O)N(c4cccc(C(=O)O)c4)C(=O)[C@@H]23)cc(OC)c1O. The minimum Gasteiger partial charge on any atom is -0.502 e. The third-order valence-electron chi connectivity index (χ3n) is 10.4. The molecular formula is C38H32N2O11. The molecule has 4 aliphatic rings. The number of carbonyl (C=O) groups is 6. The Morgan fingerprint density at radius 3 is 1.78 bits per heavy atom. The Balaban J connectivity index is 1.31. The molecule has 13 nitrogen and oxygen atoms in total. The van der Waals surface area contributed by atoms with E-state index in [0.717, 1.165) is 15.4 Å². The van der Waals surface area contributed by atoms with Gasteiger partial charge in [-0.25, -0.2) is 9.59 Å². The van der Waals surface area contributed by atoms with Crippen LogP contribution in [0.1, 0.15) is 39.1 Å². The van der Waals surface area contributed by atoms with Gasteiger partial charge in [0.15, 0.2) is 11.5 Å². The molecule has 3 N–H and O–H groups in total. The lowest BCUT2D eigenvalue weighted by atomic mass is 9.58. The zero-order valence-electron chi connectivity index (χ0n) is 27.4. The number of phenolic OH excluding ortho intramolecular Hbond substituents is 1. The Kier molecular flexibility index (Phi) is 8.20. The Hall–Kier alpha value is -6.24. The number of aromatic hydroxyl groups is 1. The summed E-state index contributed by atoms with van der Waals surface area (Å²) in [5.41, 5.74) is 1.33. The zero-order valence-corrected chi connectivity index (χ0v) is 27.4. The van der Waals surface area contributed by atoms with Gasteiger partial charge in [0.25, 0.3) is 0 Å². The van der Waals surface area contributed by atoms with Crippen molar-refractivity contribution in [3.8, 4) is 17.2 Å². The molecule has 2 saturated heterocycles. The third kappa shape index (κ3) is 5.32. The topological polar surface area (TPSA) is 188 Å². The van der Waals surface area contributed by atoms with Crippen LogP contribution in [0.2, 0.25) is 0 Å². The van der Waals surface area contributed by atoms with Crippen molar-refractivity contribution in [3.63, 3.8) is 0 Å². The van der Waals surface area contributed by atoms with Crippen LogP contribution in [0, 0.1) is 35.5 Å². The van der Waals surface area contributed by atoms with Gasteiger partial charge < -0.3 is 24.8 Å². The largest absolute Gasteiger partial charge is 0.502 e. The highest BCUT2D eigenvalue weighted by Crippen LogP contribution is 2.56. The van der Waals surface area contributed by atoms with E-state index in [1.165, 1.54) is 62.8 Å². The highest BCUT2D eigenvalue weighted by atomic mass is 16.5. The van der Waals surface area contributed by atoms with Gasteiger partial charge in [0, 0.05) is 5.92 Å². The fourth-order valence-corrected chi connectivity index (χ4v) is 8.14. The Labute approximate surface area is 291 Å². The van der Waals surface area contributed by atoms with Gasteiger partial charge in [0.1, 0.15) is 0 Å². The molecule has 7 rings (SSSR count). The number of hydrogen-bond donors (Lipinski definition) is 3. The van der Waals surface area contributed by atoms with Crippen molar-refractivity contribution in [2.75, 3.05) is 24.0 Å². The summed E-state index contributed by atoms with van der Waals surface area (Å²) in [7, 11) is 2.78. The lowest BCUT2D eigenvalue weighted by molar-refractivity contribution is -0.126. The summed E-state index contributed by atoms with van der Waals surface area (Å²) in [6.07, 6.45) is 5.61. The van der Waals surface area contributed by atoms with E-state index in [2.05, 4.69) is 0 Å².